The summed E-state index contributed by atoms with van der Waals surface area (Å²) in [6.07, 6.45) is 1.74. The van der Waals surface area contributed by atoms with Gasteiger partial charge in [0.25, 0.3) is 0 Å². The summed E-state index contributed by atoms with van der Waals surface area (Å²) < 4.78 is 36.0. The van der Waals surface area contributed by atoms with Crippen LogP contribution in [0.5, 0.6) is 11.5 Å². The number of ether oxygens (including phenoxy) is 2. The van der Waals surface area contributed by atoms with Crippen LogP contribution in [0.15, 0.2) is 47.8 Å². The second kappa shape index (κ2) is 8.93. The first-order valence-electron chi connectivity index (χ1n) is 9.18. The molecular formula is C21H25N3O4S2. The van der Waals surface area contributed by atoms with Crippen molar-refractivity contribution in [3.8, 4) is 11.5 Å². The first-order chi connectivity index (χ1) is 14.2. The number of nitrogens with zero attached hydrogens (tertiary/aromatic N) is 2. The smallest absolute Gasteiger partial charge is 0.231 e. The van der Waals surface area contributed by atoms with E-state index in [1.165, 1.54) is 28.9 Å². The number of aromatic nitrogens is 1. The summed E-state index contributed by atoms with van der Waals surface area (Å²) in [6.45, 7) is 0. The lowest BCUT2D eigenvalue weighted by molar-refractivity contribution is 0.408. The molecule has 7 nitrogen and oxygen atoms in total. The Kier molecular flexibility index (Phi) is 6.52. The van der Waals surface area contributed by atoms with Crippen LogP contribution < -0.4 is 19.5 Å². The van der Waals surface area contributed by atoms with Crippen molar-refractivity contribution in [1.29, 1.82) is 0 Å². The van der Waals surface area contributed by atoms with Crippen molar-refractivity contribution in [3.63, 3.8) is 0 Å². The molecule has 0 amide bonds. The topological polar surface area (TPSA) is 94.8 Å². The van der Waals surface area contributed by atoms with E-state index < -0.39 is 10.0 Å². The van der Waals surface area contributed by atoms with E-state index in [0.717, 1.165) is 22.6 Å². The molecule has 0 saturated heterocycles. The molecule has 0 aliphatic carbocycles. The Balaban J connectivity index is 2.05. The molecule has 3 rings (SSSR count). The van der Waals surface area contributed by atoms with Gasteiger partial charge in [-0.2, -0.15) is 0 Å². The van der Waals surface area contributed by atoms with Gasteiger partial charge in [0, 0.05) is 18.3 Å². The molecule has 0 aliphatic heterocycles. The molecule has 1 unspecified atom stereocenters. The number of benzene rings is 2. The summed E-state index contributed by atoms with van der Waals surface area (Å²) in [4.78, 5) is 4.50. The van der Waals surface area contributed by atoms with Gasteiger partial charge in [-0.05, 0) is 47.9 Å². The molecule has 0 spiro atoms. The van der Waals surface area contributed by atoms with Crippen molar-refractivity contribution in [2.24, 2.45) is 0 Å². The zero-order valence-electron chi connectivity index (χ0n) is 17.3. The van der Waals surface area contributed by atoms with Gasteiger partial charge in [0.05, 0.1) is 31.9 Å². The number of nitrogen functional groups attached to an aromatic ring is 1. The Morgan fingerprint density at radius 2 is 1.83 bits per heavy atom. The number of hydrogen-bond donors (Lipinski definition) is 1. The molecule has 0 fully saturated rings. The molecule has 1 atom stereocenters. The van der Waals surface area contributed by atoms with Crippen LogP contribution in [0.4, 0.5) is 10.8 Å². The van der Waals surface area contributed by atoms with Gasteiger partial charge in [0.2, 0.25) is 10.0 Å². The molecule has 2 N–H and O–H groups in total. The van der Waals surface area contributed by atoms with E-state index >= 15 is 0 Å². The van der Waals surface area contributed by atoms with Crippen LogP contribution in [0.2, 0.25) is 0 Å². The van der Waals surface area contributed by atoms with Crippen molar-refractivity contribution in [2.45, 2.75) is 12.3 Å². The highest BCUT2D eigenvalue weighted by Crippen LogP contribution is 2.35. The van der Waals surface area contributed by atoms with Gasteiger partial charge in [-0.3, -0.25) is 4.31 Å². The molecule has 1 heterocycles. The van der Waals surface area contributed by atoms with E-state index in [0.29, 0.717) is 23.0 Å². The fourth-order valence-corrected chi connectivity index (χ4v) is 4.33. The third kappa shape index (κ3) is 4.85. The van der Waals surface area contributed by atoms with Crippen LogP contribution in [-0.4, -0.2) is 40.9 Å². The maximum Gasteiger partial charge on any atom is 0.231 e. The van der Waals surface area contributed by atoms with Gasteiger partial charge in [-0.25, -0.2) is 13.4 Å². The molecule has 160 valence electrons. The summed E-state index contributed by atoms with van der Waals surface area (Å²) in [5.74, 6) is 1.36. The average Bonchev–Trinajstić information content (AvgIpc) is 3.16. The van der Waals surface area contributed by atoms with Gasteiger partial charge in [-0.15, -0.1) is 11.3 Å². The SMILES string of the molecule is COc1ccc(C(Cc2cc(N(C)S(C)(=O)=O)ccc2OC)c2csc(N)n2)cc1. The molecule has 0 aliphatic rings. The molecule has 30 heavy (non-hydrogen) atoms. The number of hydrogen-bond acceptors (Lipinski definition) is 7. The van der Waals surface area contributed by atoms with Crippen LogP contribution in [0.3, 0.4) is 0 Å². The van der Waals surface area contributed by atoms with Gasteiger partial charge >= 0.3 is 0 Å². The Morgan fingerprint density at radius 1 is 1.13 bits per heavy atom. The molecular weight excluding hydrogens is 422 g/mol. The molecule has 1 aromatic heterocycles. The number of nitrogens with two attached hydrogens (primary N) is 1. The lowest BCUT2D eigenvalue weighted by Gasteiger charge is -2.21. The number of sulfonamides is 1. The number of anilines is 2. The first-order valence-corrected chi connectivity index (χ1v) is 11.9. The van der Waals surface area contributed by atoms with E-state index in [1.54, 1.807) is 26.4 Å². The lowest BCUT2D eigenvalue weighted by atomic mass is 9.89. The molecule has 3 aromatic rings. The highest BCUT2D eigenvalue weighted by atomic mass is 32.2. The first kappa shape index (κ1) is 21.9. The van der Waals surface area contributed by atoms with E-state index in [-0.39, 0.29) is 5.92 Å². The number of methoxy groups -OCH3 is 2. The van der Waals surface area contributed by atoms with E-state index in [1.807, 2.05) is 35.7 Å². The van der Waals surface area contributed by atoms with Gasteiger partial charge in [0.15, 0.2) is 5.13 Å². The van der Waals surface area contributed by atoms with Gasteiger partial charge in [-0.1, -0.05) is 12.1 Å². The second-order valence-electron chi connectivity index (χ2n) is 6.87. The lowest BCUT2D eigenvalue weighted by Crippen LogP contribution is -2.25. The van der Waals surface area contributed by atoms with E-state index in [4.69, 9.17) is 15.2 Å². The van der Waals surface area contributed by atoms with Gasteiger partial charge < -0.3 is 15.2 Å². The van der Waals surface area contributed by atoms with Crippen molar-refractivity contribution < 1.29 is 17.9 Å². The second-order valence-corrected chi connectivity index (χ2v) is 9.77. The standard InChI is InChI=1S/C21H25N3O4S2/c1-24(30(4,25)26)16-7-10-20(28-3)15(11-16)12-18(19-13-29-21(22)23-19)14-5-8-17(27-2)9-6-14/h5-11,13,18H,12H2,1-4H3,(H2,22,23). The minimum Gasteiger partial charge on any atom is -0.497 e. The fraction of sp³-hybridized carbons (Fsp3) is 0.286. The zero-order valence-corrected chi connectivity index (χ0v) is 19.0. The predicted octanol–water partition coefficient (Wildman–Crippen LogP) is 3.51. The number of rotatable bonds is 8. The van der Waals surface area contributed by atoms with Crippen LogP contribution in [-0.2, 0) is 16.4 Å². The monoisotopic (exact) mass is 447 g/mol. The van der Waals surface area contributed by atoms with E-state index in [9.17, 15) is 8.42 Å². The molecule has 0 radical (unpaired) electrons. The van der Waals surface area contributed by atoms with Crippen molar-refractivity contribution in [2.75, 3.05) is 37.6 Å². The summed E-state index contributed by atoms with van der Waals surface area (Å²) >= 11 is 1.39. The quantitative estimate of drug-likeness (QED) is 0.568. The predicted molar refractivity (Wildman–Crippen MR) is 121 cm³/mol. The van der Waals surface area contributed by atoms with Crippen molar-refractivity contribution in [3.05, 3.63) is 64.7 Å². The zero-order chi connectivity index (χ0) is 21.9. The Bertz CT molecular complexity index is 1110. The van der Waals surface area contributed by atoms with Crippen molar-refractivity contribution in [1.82, 2.24) is 4.98 Å². The minimum absolute atomic E-state index is 0.0860. The molecule has 9 heteroatoms. The van der Waals surface area contributed by atoms with Crippen LogP contribution in [0.1, 0.15) is 22.7 Å². The third-order valence-corrected chi connectivity index (χ3v) is 6.86. The average molecular weight is 448 g/mol. The third-order valence-electron chi connectivity index (χ3n) is 4.96. The maximum absolute atomic E-state index is 12.0. The summed E-state index contributed by atoms with van der Waals surface area (Å²) in [7, 11) is 1.38. The highest BCUT2D eigenvalue weighted by Gasteiger charge is 2.22. The largest absolute Gasteiger partial charge is 0.497 e. The van der Waals surface area contributed by atoms with Crippen LogP contribution >= 0.6 is 11.3 Å². The maximum atomic E-state index is 12.0. The minimum atomic E-state index is -3.38. The summed E-state index contributed by atoms with van der Waals surface area (Å²) in [5, 5.41) is 2.45. The highest BCUT2D eigenvalue weighted by molar-refractivity contribution is 7.92. The van der Waals surface area contributed by atoms with E-state index in [2.05, 4.69) is 4.98 Å². The number of thiazole rings is 1. The molecule has 2 aromatic carbocycles. The summed E-state index contributed by atoms with van der Waals surface area (Å²) in [6, 6.07) is 13.2. The van der Waals surface area contributed by atoms with Gasteiger partial charge in [0.1, 0.15) is 11.5 Å². The normalized spacial score (nSPS) is 12.4. The Morgan fingerprint density at radius 3 is 2.37 bits per heavy atom. The molecule has 0 bridgehead atoms. The van der Waals surface area contributed by atoms with Crippen LogP contribution in [0.25, 0.3) is 0 Å². The van der Waals surface area contributed by atoms with Crippen LogP contribution in [0, 0.1) is 0 Å². The Hall–Kier alpha value is -2.78. The Labute approximate surface area is 181 Å². The molecule has 0 saturated carbocycles. The summed E-state index contributed by atoms with van der Waals surface area (Å²) in [5.41, 5.74) is 9.23. The fourth-order valence-electron chi connectivity index (χ4n) is 3.22. The van der Waals surface area contributed by atoms with Crippen molar-refractivity contribution >= 4 is 32.2 Å².